The summed E-state index contributed by atoms with van der Waals surface area (Å²) in [4.78, 5) is 0. The van der Waals surface area contributed by atoms with Crippen molar-refractivity contribution in [2.75, 3.05) is 5.75 Å². The molecule has 1 fully saturated rings. The zero-order valence-corrected chi connectivity index (χ0v) is 5.63. The molecule has 0 bridgehead atoms. The maximum absolute atomic E-state index is 10.1. The maximum Gasteiger partial charge on any atom is 0.265 e. The van der Waals surface area contributed by atoms with Crippen LogP contribution in [0.2, 0.25) is 0 Å². The van der Waals surface area contributed by atoms with Gasteiger partial charge in [0.2, 0.25) is 0 Å². The number of hydrogen-bond donors (Lipinski definition) is 2. The molecule has 3 N–H and O–H groups in total. The van der Waals surface area contributed by atoms with Crippen molar-refractivity contribution in [1.29, 1.82) is 0 Å². The maximum atomic E-state index is 10.1. The van der Waals surface area contributed by atoms with Crippen molar-refractivity contribution in [3.63, 3.8) is 0 Å². The van der Waals surface area contributed by atoms with E-state index in [2.05, 4.69) is 0 Å². The summed E-state index contributed by atoms with van der Waals surface area (Å²) in [6, 6.07) is -0.00748. The fraction of sp³-hybridized carbons (Fsp3) is 1.00. The largest absolute Gasteiger partial charge is 0.327 e. The Labute approximate surface area is 53.8 Å². The third-order valence-electron chi connectivity index (χ3n) is 1.40. The highest BCUT2D eigenvalue weighted by Gasteiger charge is 2.36. The molecule has 1 rings (SSSR count). The summed E-state index contributed by atoms with van der Waals surface area (Å²) >= 11 is 0. The highest BCUT2D eigenvalue weighted by molar-refractivity contribution is 7.85. The molecule has 0 heterocycles. The first-order valence-corrected chi connectivity index (χ1v) is 4.31. The van der Waals surface area contributed by atoms with E-state index in [-0.39, 0.29) is 17.7 Å². The van der Waals surface area contributed by atoms with Crippen LogP contribution in [0.15, 0.2) is 0 Å². The Bertz CT molecular complexity index is 198. The number of nitrogens with two attached hydrogens (primary N) is 1. The predicted molar refractivity (Wildman–Crippen MR) is 32.5 cm³/mol. The van der Waals surface area contributed by atoms with Crippen LogP contribution in [0.4, 0.5) is 0 Å². The van der Waals surface area contributed by atoms with Gasteiger partial charge in [-0.05, 0) is 12.3 Å². The third kappa shape index (κ3) is 2.30. The van der Waals surface area contributed by atoms with Crippen molar-refractivity contribution in [3.8, 4) is 0 Å². The lowest BCUT2D eigenvalue weighted by molar-refractivity contribution is 0.479. The van der Waals surface area contributed by atoms with E-state index in [0.717, 1.165) is 6.42 Å². The van der Waals surface area contributed by atoms with Crippen LogP contribution in [0, 0.1) is 5.92 Å². The van der Waals surface area contributed by atoms with Gasteiger partial charge in [-0.15, -0.1) is 0 Å². The van der Waals surface area contributed by atoms with Gasteiger partial charge in [-0.3, -0.25) is 4.55 Å². The molecule has 0 radical (unpaired) electrons. The van der Waals surface area contributed by atoms with Gasteiger partial charge in [-0.25, -0.2) is 0 Å². The first-order chi connectivity index (χ1) is 3.99. The lowest BCUT2D eigenvalue weighted by atomic mass is 10.5. The Morgan fingerprint density at radius 1 is 1.67 bits per heavy atom. The third-order valence-corrected chi connectivity index (χ3v) is 2.25. The van der Waals surface area contributed by atoms with Gasteiger partial charge in [-0.2, -0.15) is 8.42 Å². The SMILES string of the molecule is N[C@@H]1C[C@H]1CS(=O)(=O)O. The minimum absolute atomic E-state index is 0.000000000000000222. The van der Waals surface area contributed by atoms with Gasteiger partial charge < -0.3 is 5.73 Å². The van der Waals surface area contributed by atoms with E-state index in [0.29, 0.717) is 0 Å². The number of hydrogen-bond acceptors (Lipinski definition) is 3. The number of rotatable bonds is 2. The summed E-state index contributed by atoms with van der Waals surface area (Å²) in [5.41, 5.74) is 5.30. The van der Waals surface area contributed by atoms with Gasteiger partial charge in [0, 0.05) is 6.04 Å². The van der Waals surface area contributed by atoms with E-state index in [1.54, 1.807) is 0 Å². The molecule has 1 aliphatic rings. The molecule has 0 saturated heterocycles. The van der Waals surface area contributed by atoms with Gasteiger partial charge in [0.25, 0.3) is 10.1 Å². The lowest BCUT2D eigenvalue weighted by Gasteiger charge is -1.90. The first kappa shape index (κ1) is 6.98. The van der Waals surface area contributed by atoms with Crippen LogP contribution in [-0.4, -0.2) is 24.8 Å². The average molecular weight is 151 g/mol. The molecule has 4 nitrogen and oxygen atoms in total. The summed E-state index contributed by atoms with van der Waals surface area (Å²) in [6.45, 7) is 0. The molecule has 1 aliphatic carbocycles. The van der Waals surface area contributed by atoms with E-state index in [4.69, 9.17) is 10.3 Å². The molecule has 54 valence electrons. The molecule has 2 atom stereocenters. The monoisotopic (exact) mass is 151 g/mol. The minimum Gasteiger partial charge on any atom is -0.327 e. The summed E-state index contributed by atoms with van der Waals surface area (Å²) in [5.74, 6) is -0.172. The molecule has 9 heavy (non-hydrogen) atoms. The van der Waals surface area contributed by atoms with Crippen LogP contribution in [0.5, 0.6) is 0 Å². The fourth-order valence-corrected chi connectivity index (χ4v) is 1.66. The van der Waals surface area contributed by atoms with Gasteiger partial charge in [0.1, 0.15) is 0 Å². The molecular formula is C4H9NO3S. The predicted octanol–water partition coefficient (Wildman–Crippen LogP) is -0.779. The highest BCUT2D eigenvalue weighted by atomic mass is 32.2. The Kier molecular flexibility index (Phi) is 1.50. The van der Waals surface area contributed by atoms with Gasteiger partial charge in [0.15, 0.2) is 0 Å². The minimum atomic E-state index is -3.77. The molecule has 0 unspecified atom stereocenters. The van der Waals surface area contributed by atoms with Gasteiger partial charge >= 0.3 is 0 Å². The van der Waals surface area contributed by atoms with Crippen molar-refractivity contribution in [3.05, 3.63) is 0 Å². The lowest BCUT2D eigenvalue weighted by Crippen LogP contribution is -2.11. The standard InChI is InChI=1S/C4H9NO3S/c5-4-1-3(4)2-9(6,7)8/h3-4H,1-2,5H2,(H,6,7,8)/t3-,4+/m0/s1. The quantitative estimate of drug-likeness (QED) is 0.507. The van der Waals surface area contributed by atoms with Crippen molar-refractivity contribution >= 4 is 10.1 Å². The van der Waals surface area contributed by atoms with Crippen LogP contribution in [0.3, 0.4) is 0 Å². The second-order valence-electron chi connectivity index (χ2n) is 2.41. The Hall–Kier alpha value is -0.130. The topological polar surface area (TPSA) is 80.4 Å². The fourth-order valence-electron chi connectivity index (χ4n) is 0.733. The Morgan fingerprint density at radius 3 is 2.22 bits per heavy atom. The summed E-state index contributed by atoms with van der Waals surface area (Å²) < 4.78 is 28.5. The van der Waals surface area contributed by atoms with Gasteiger partial charge in [-0.1, -0.05) is 0 Å². The van der Waals surface area contributed by atoms with Crippen LogP contribution in [0.1, 0.15) is 6.42 Å². The van der Waals surface area contributed by atoms with Crippen LogP contribution in [-0.2, 0) is 10.1 Å². The molecule has 0 aromatic carbocycles. The molecule has 0 spiro atoms. The summed E-state index contributed by atoms with van der Waals surface area (Å²) in [6.07, 6.45) is 0.722. The van der Waals surface area contributed by atoms with Gasteiger partial charge in [0.05, 0.1) is 5.75 Å². The zero-order chi connectivity index (χ0) is 7.07. The van der Waals surface area contributed by atoms with E-state index in [9.17, 15) is 8.42 Å². The zero-order valence-electron chi connectivity index (χ0n) is 4.82. The Balaban J connectivity index is 2.37. The molecule has 0 aromatic heterocycles. The van der Waals surface area contributed by atoms with E-state index in [1.807, 2.05) is 0 Å². The average Bonchev–Trinajstić information content (AvgIpc) is 2.13. The molecule has 0 aliphatic heterocycles. The molecule has 5 heteroatoms. The summed E-state index contributed by atoms with van der Waals surface area (Å²) in [5, 5.41) is 0. The van der Waals surface area contributed by atoms with Crippen molar-refractivity contribution in [2.45, 2.75) is 12.5 Å². The molecule has 0 amide bonds. The normalized spacial score (nSPS) is 34.4. The van der Waals surface area contributed by atoms with E-state index >= 15 is 0 Å². The van der Waals surface area contributed by atoms with Crippen LogP contribution in [0.25, 0.3) is 0 Å². The Morgan fingerprint density at radius 2 is 2.11 bits per heavy atom. The van der Waals surface area contributed by atoms with Crippen molar-refractivity contribution < 1.29 is 13.0 Å². The molecule has 1 saturated carbocycles. The molecular weight excluding hydrogens is 142 g/mol. The summed E-state index contributed by atoms with van der Waals surface area (Å²) in [7, 11) is -3.77. The highest BCUT2D eigenvalue weighted by Crippen LogP contribution is 2.28. The second kappa shape index (κ2) is 1.93. The van der Waals surface area contributed by atoms with E-state index in [1.165, 1.54) is 0 Å². The second-order valence-corrected chi connectivity index (χ2v) is 3.91. The first-order valence-electron chi connectivity index (χ1n) is 2.70. The van der Waals surface area contributed by atoms with Crippen molar-refractivity contribution in [2.24, 2.45) is 11.7 Å². The van der Waals surface area contributed by atoms with Crippen LogP contribution >= 0.6 is 0 Å². The smallest absolute Gasteiger partial charge is 0.265 e. The van der Waals surface area contributed by atoms with E-state index < -0.39 is 10.1 Å². The van der Waals surface area contributed by atoms with Crippen molar-refractivity contribution in [1.82, 2.24) is 0 Å². The molecule has 0 aromatic rings. The van der Waals surface area contributed by atoms with Crippen LogP contribution < -0.4 is 5.73 Å².